The molecule has 0 saturated carbocycles. The lowest BCUT2D eigenvalue weighted by atomic mass is 9.74. The summed E-state index contributed by atoms with van der Waals surface area (Å²) < 4.78 is 10.5. The van der Waals surface area contributed by atoms with Crippen LogP contribution in [0.4, 0.5) is 0 Å². The van der Waals surface area contributed by atoms with Crippen LogP contribution in [0.5, 0.6) is 5.88 Å². The number of likely N-dealkylation sites (tertiary alicyclic amines) is 1. The maximum absolute atomic E-state index is 12.6. The molecule has 1 spiro atoms. The van der Waals surface area contributed by atoms with Crippen LogP contribution in [-0.2, 0) is 4.74 Å². The first-order valence-corrected chi connectivity index (χ1v) is 7.46. The minimum atomic E-state index is -0.0266. The zero-order valence-electron chi connectivity index (χ0n) is 12.4. The number of carbonyl (C=O) groups excluding carboxylic acids is 1. The first-order valence-electron chi connectivity index (χ1n) is 7.46. The van der Waals surface area contributed by atoms with Gasteiger partial charge in [-0.2, -0.15) is 0 Å². The van der Waals surface area contributed by atoms with E-state index in [1.807, 2.05) is 4.90 Å². The second-order valence-corrected chi connectivity index (χ2v) is 5.89. The summed E-state index contributed by atoms with van der Waals surface area (Å²) in [5, 5.41) is 0. The van der Waals surface area contributed by atoms with Gasteiger partial charge in [0.1, 0.15) is 12.0 Å². The summed E-state index contributed by atoms with van der Waals surface area (Å²) in [7, 11) is 1.54. The molecule has 2 aliphatic heterocycles. The smallest absolute Gasteiger partial charge is 0.272 e. The van der Waals surface area contributed by atoms with Crippen LogP contribution in [0.3, 0.4) is 0 Å². The largest absolute Gasteiger partial charge is 0.481 e. The number of methoxy groups -OCH3 is 1. The van der Waals surface area contributed by atoms with Crippen molar-refractivity contribution in [3.05, 3.63) is 18.1 Å². The van der Waals surface area contributed by atoms with E-state index in [9.17, 15) is 4.79 Å². The second-order valence-electron chi connectivity index (χ2n) is 5.89. The number of ether oxygens (including phenoxy) is 2. The molecule has 0 aromatic carbocycles. The summed E-state index contributed by atoms with van der Waals surface area (Å²) in [6, 6.07) is 1.60. The molecule has 1 aromatic heterocycles. The number of aromatic nitrogens is 2. The van der Waals surface area contributed by atoms with Crippen LogP contribution in [0, 0.1) is 5.41 Å². The van der Waals surface area contributed by atoms with E-state index in [4.69, 9.17) is 9.47 Å². The van der Waals surface area contributed by atoms with Crippen molar-refractivity contribution in [1.82, 2.24) is 14.9 Å². The van der Waals surface area contributed by atoms with Gasteiger partial charge in [0.25, 0.3) is 5.91 Å². The Morgan fingerprint density at radius 3 is 2.90 bits per heavy atom. The normalized spacial score (nSPS) is 21.3. The molecule has 2 fully saturated rings. The van der Waals surface area contributed by atoms with E-state index in [1.165, 1.54) is 19.9 Å². The molecule has 0 N–H and O–H groups in total. The molecular weight excluding hydrogens is 270 g/mol. The lowest BCUT2D eigenvalue weighted by molar-refractivity contribution is -0.0230. The first-order chi connectivity index (χ1) is 10.2. The number of hydrogen-bond acceptors (Lipinski definition) is 5. The Kier molecular flexibility index (Phi) is 4.05. The number of rotatable bonds is 2. The topological polar surface area (TPSA) is 64.5 Å². The molecule has 6 nitrogen and oxygen atoms in total. The third-order valence-corrected chi connectivity index (χ3v) is 4.57. The fourth-order valence-corrected chi connectivity index (χ4v) is 3.32. The summed E-state index contributed by atoms with van der Waals surface area (Å²) in [6.07, 6.45) is 5.70. The number of hydrogen-bond donors (Lipinski definition) is 0. The molecule has 6 heteroatoms. The minimum Gasteiger partial charge on any atom is -0.481 e. The summed E-state index contributed by atoms with van der Waals surface area (Å²) in [6.45, 7) is 3.22. The Hall–Kier alpha value is -1.69. The van der Waals surface area contributed by atoms with Crippen molar-refractivity contribution in [3.8, 4) is 5.88 Å². The number of carbonyl (C=O) groups is 1. The molecule has 21 heavy (non-hydrogen) atoms. The Labute approximate surface area is 124 Å². The number of nitrogens with zero attached hydrogens (tertiary/aromatic N) is 3. The van der Waals surface area contributed by atoms with E-state index in [1.54, 1.807) is 6.07 Å². The predicted molar refractivity (Wildman–Crippen MR) is 76.2 cm³/mol. The van der Waals surface area contributed by atoms with Gasteiger partial charge in [0, 0.05) is 32.4 Å². The highest BCUT2D eigenvalue weighted by Gasteiger charge is 2.38. The third kappa shape index (κ3) is 3.00. The minimum absolute atomic E-state index is 0.0266. The van der Waals surface area contributed by atoms with E-state index in [2.05, 4.69) is 9.97 Å². The van der Waals surface area contributed by atoms with Crippen LogP contribution in [0.15, 0.2) is 12.4 Å². The summed E-state index contributed by atoms with van der Waals surface area (Å²) >= 11 is 0. The lowest BCUT2D eigenvalue weighted by Crippen LogP contribution is -2.48. The van der Waals surface area contributed by atoms with Gasteiger partial charge in [-0.05, 0) is 31.1 Å². The van der Waals surface area contributed by atoms with Crippen LogP contribution in [-0.4, -0.2) is 54.2 Å². The van der Waals surface area contributed by atoms with Gasteiger partial charge in [0.15, 0.2) is 0 Å². The van der Waals surface area contributed by atoms with Crippen molar-refractivity contribution in [3.63, 3.8) is 0 Å². The van der Waals surface area contributed by atoms with Gasteiger partial charge < -0.3 is 14.4 Å². The Morgan fingerprint density at radius 1 is 1.33 bits per heavy atom. The summed E-state index contributed by atoms with van der Waals surface area (Å²) in [4.78, 5) is 22.6. The molecule has 114 valence electrons. The van der Waals surface area contributed by atoms with Crippen molar-refractivity contribution in [2.45, 2.75) is 25.7 Å². The van der Waals surface area contributed by atoms with Crippen LogP contribution in [0.1, 0.15) is 36.2 Å². The maximum Gasteiger partial charge on any atom is 0.272 e. The van der Waals surface area contributed by atoms with Gasteiger partial charge in [-0.15, -0.1) is 0 Å². The standard InChI is InChI=1S/C15H21N3O3/c1-20-13-9-12(16-11-17-13)14(19)18-6-2-3-15(10-18)4-7-21-8-5-15/h9,11H,2-8,10H2,1H3. The molecule has 0 bridgehead atoms. The molecule has 2 saturated heterocycles. The monoisotopic (exact) mass is 291 g/mol. The van der Waals surface area contributed by atoms with Crippen molar-refractivity contribution in [1.29, 1.82) is 0 Å². The fourth-order valence-electron chi connectivity index (χ4n) is 3.32. The number of amides is 1. The molecule has 0 radical (unpaired) electrons. The van der Waals surface area contributed by atoms with E-state index < -0.39 is 0 Å². The highest BCUT2D eigenvalue weighted by atomic mass is 16.5. The quantitative estimate of drug-likeness (QED) is 0.826. The number of piperidine rings is 1. The van der Waals surface area contributed by atoms with Crippen LogP contribution >= 0.6 is 0 Å². The van der Waals surface area contributed by atoms with Gasteiger partial charge in [-0.1, -0.05) is 0 Å². The van der Waals surface area contributed by atoms with Gasteiger partial charge in [-0.3, -0.25) is 4.79 Å². The van der Waals surface area contributed by atoms with E-state index in [0.717, 1.165) is 45.6 Å². The Bertz CT molecular complexity index is 509. The van der Waals surface area contributed by atoms with Crippen molar-refractivity contribution in [2.75, 3.05) is 33.4 Å². The van der Waals surface area contributed by atoms with E-state index in [0.29, 0.717) is 11.6 Å². The molecule has 1 amide bonds. The SMILES string of the molecule is COc1cc(C(=O)N2CCCC3(CCOCC3)C2)ncn1. The Balaban J connectivity index is 1.74. The van der Waals surface area contributed by atoms with Crippen LogP contribution in [0.25, 0.3) is 0 Å². The van der Waals surface area contributed by atoms with Gasteiger partial charge in [0.05, 0.1) is 7.11 Å². The van der Waals surface area contributed by atoms with Crippen molar-refractivity contribution in [2.24, 2.45) is 5.41 Å². The molecule has 0 aliphatic carbocycles. The molecule has 3 rings (SSSR count). The van der Waals surface area contributed by atoms with Gasteiger partial charge >= 0.3 is 0 Å². The molecule has 3 heterocycles. The highest BCUT2D eigenvalue weighted by Crippen LogP contribution is 2.39. The third-order valence-electron chi connectivity index (χ3n) is 4.57. The van der Waals surface area contributed by atoms with E-state index in [-0.39, 0.29) is 11.3 Å². The van der Waals surface area contributed by atoms with Crippen LogP contribution in [0.2, 0.25) is 0 Å². The van der Waals surface area contributed by atoms with Gasteiger partial charge in [0.2, 0.25) is 5.88 Å². The Morgan fingerprint density at radius 2 is 2.14 bits per heavy atom. The lowest BCUT2D eigenvalue weighted by Gasteiger charge is -2.45. The fraction of sp³-hybridized carbons (Fsp3) is 0.667. The second kappa shape index (κ2) is 5.97. The maximum atomic E-state index is 12.6. The highest BCUT2D eigenvalue weighted by molar-refractivity contribution is 5.92. The molecule has 2 aliphatic rings. The molecule has 1 aromatic rings. The summed E-state index contributed by atoms with van der Waals surface area (Å²) in [5.74, 6) is 0.396. The zero-order valence-corrected chi connectivity index (χ0v) is 12.4. The zero-order chi connectivity index (χ0) is 14.7. The average molecular weight is 291 g/mol. The average Bonchev–Trinajstić information content (AvgIpc) is 2.55. The van der Waals surface area contributed by atoms with Crippen molar-refractivity contribution < 1.29 is 14.3 Å². The molecule has 0 atom stereocenters. The first kappa shape index (κ1) is 14.3. The summed E-state index contributed by atoms with van der Waals surface area (Å²) in [5.41, 5.74) is 0.648. The van der Waals surface area contributed by atoms with Crippen molar-refractivity contribution >= 4 is 5.91 Å². The van der Waals surface area contributed by atoms with Crippen LogP contribution < -0.4 is 4.74 Å². The molecule has 0 unspecified atom stereocenters. The molecular formula is C15H21N3O3. The predicted octanol–water partition coefficient (Wildman–Crippen LogP) is 1.52. The van der Waals surface area contributed by atoms with Gasteiger partial charge in [-0.25, -0.2) is 9.97 Å². The van der Waals surface area contributed by atoms with E-state index >= 15 is 0 Å².